The SMILES string of the molecule is C=CC(CCCCCCC=CCC(CC)c1ccccc1)CC(CC)CC(C)c1ccccc1. The van der Waals surface area contributed by atoms with Gasteiger partial charge in [0, 0.05) is 0 Å². The standard InChI is InChI=1S/C34H50/c1-5-30(28-31(6-2)27-29(4)33-23-17-13-18-24-33)21-15-11-9-8-10-12-16-22-32(7-3)34-25-19-14-20-26-34/h5,12-14,16-20,23-26,29-32H,1,6-11,15,21-22,27-28H2,2-4H3. The van der Waals surface area contributed by atoms with Gasteiger partial charge in [-0.05, 0) is 79.7 Å². The minimum atomic E-state index is 0.643. The molecule has 0 N–H and O–H groups in total. The van der Waals surface area contributed by atoms with E-state index < -0.39 is 0 Å². The molecule has 0 heteroatoms. The fraction of sp³-hybridized carbons (Fsp3) is 0.529. The second kappa shape index (κ2) is 17.4. The van der Waals surface area contributed by atoms with Gasteiger partial charge in [-0.25, -0.2) is 0 Å². The molecule has 2 aromatic rings. The van der Waals surface area contributed by atoms with E-state index in [1.54, 1.807) is 0 Å². The zero-order chi connectivity index (χ0) is 24.4. The van der Waals surface area contributed by atoms with Crippen molar-refractivity contribution in [3.05, 3.63) is 96.6 Å². The summed E-state index contributed by atoms with van der Waals surface area (Å²) in [6.07, 6.45) is 21.2. The first-order valence-corrected chi connectivity index (χ1v) is 14.0. The van der Waals surface area contributed by atoms with Crippen molar-refractivity contribution >= 4 is 0 Å². The van der Waals surface area contributed by atoms with Gasteiger partial charge >= 0.3 is 0 Å². The molecule has 0 aliphatic rings. The molecule has 0 aromatic heterocycles. The Morgan fingerprint density at radius 1 is 0.735 bits per heavy atom. The molecule has 0 spiro atoms. The third-order valence-electron chi connectivity index (χ3n) is 7.65. The molecule has 0 saturated heterocycles. The minimum Gasteiger partial charge on any atom is -0.103 e. The molecule has 0 nitrogen and oxygen atoms in total. The molecule has 0 radical (unpaired) electrons. The summed E-state index contributed by atoms with van der Waals surface area (Å²) in [5.74, 6) is 2.78. The molecule has 0 bridgehead atoms. The van der Waals surface area contributed by atoms with E-state index >= 15 is 0 Å². The van der Waals surface area contributed by atoms with Crippen molar-refractivity contribution < 1.29 is 0 Å². The summed E-state index contributed by atoms with van der Waals surface area (Å²) >= 11 is 0. The van der Waals surface area contributed by atoms with E-state index in [2.05, 4.69) is 106 Å². The van der Waals surface area contributed by atoms with Crippen molar-refractivity contribution in [2.24, 2.45) is 11.8 Å². The summed E-state index contributed by atoms with van der Waals surface area (Å²) in [5, 5.41) is 0. The largest absolute Gasteiger partial charge is 0.103 e. The average Bonchev–Trinajstić information content (AvgIpc) is 2.89. The number of rotatable bonds is 18. The van der Waals surface area contributed by atoms with Crippen molar-refractivity contribution in [2.75, 3.05) is 0 Å². The van der Waals surface area contributed by atoms with Gasteiger partial charge in [-0.15, -0.1) is 6.58 Å². The third-order valence-corrected chi connectivity index (χ3v) is 7.65. The van der Waals surface area contributed by atoms with Crippen molar-refractivity contribution in [3.63, 3.8) is 0 Å². The Morgan fingerprint density at radius 2 is 1.38 bits per heavy atom. The summed E-state index contributed by atoms with van der Waals surface area (Å²) in [4.78, 5) is 0. The summed E-state index contributed by atoms with van der Waals surface area (Å²) < 4.78 is 0. The highest BCUT2D eigenvalue weighted by Crippen LogP contribution is 2.31. The molecule has 0 aliphatic heterocycles. The van der Waals surface area contributed by atoms with Crippen LogP contribution in [0.5, 0.6) is 0 Å². The molecule has 186 valence electrons. The molecule has 0 amide bonds. The number of unbranched alkanes of at least 4 members (excludes halogenated alkanes) is 4. The highest BCUT2D eigenvalue weighted by atomic mass is 14.2. The molecule has 2 aromatic carbocycles. The van der Waals surface area contributed by atoms with Crippen LogP contribution in [0.1, 0.15) is 114 Å². The zero-order valence-electron chi connectivity index (χ0n) is 22.3. The third kappa shape index (κ3) is 10.9. The molecule has 0 fully saturated rings. The van der Waals surface area contributed by atoms with Crippen LogP contribution in [-0.2, 0) is 0 Å². The van der Waals surface area contributed by atoms with Crippen LogP contribution in [0.25, 0.3) is 0 Å². The van der Waals surface area contributed by atoms with Gasteiger partial charge < -0.3 is 0 Å². The molecule has 4 unspecified atom stereocenters. The lowest BCUT2D eigenvalue weighted by atomic mass is 9.82. The van der Waals surface area contributed by atoms with E-state index in [0.717, 1.165) is 5.92 Å². The first kappa shape index (κ1) is 28.2. The molecular formula is C34H50. The summed E-state index contributed by atoms with van der Waals surface area (Å²) in [6, 6.07) is 22.0. The number of hydrogen-bond acceptors (Lipinski definition) is 0. The zero-order valence-corrected chi connectivity index (χ0v) is 22.3. The van der Waals surface area contributed by atoms with E-state index in [1.807, 2.05) is 0 Å². The Balaban J connectivity index is 1.59. The fourth-order valence-corrected chi connectivity index (χ4v) is 5.27. The lowest BCUT2D eigenvalue weighted by Gasteiger charge is -2.23. The maximum atomic E-state index is 4.17. The maximum Gasteiger partial charge on any atom is -0.0130 e. The van der Waals surface area contributed by atoms with Crippen molar-refractivity contribution in [3.8, 4) is 0 Å². The minimum absolute atomic E-state index is 0.643. The van der Waals surface area contributed by atoms with Crippen LogP contribution in [0.4, 0.5) is 0 Å². The lowest BCUT2D eigenvalue weighted by molar-refractivity contribution is 0.345. The van der Waals surface area contributed by atoms with Crippen molar-refractivity contribution in [2.45, 2.75) is 103 Å². The van der Waals surface area contributed by atoms with E-state index in [1.165, 1.54) is 81.8 Å². The van der Waals surface area contributed by atoms with Crippen LogP contribution in [0.3, 0.4) is 0 Å². The van der Waals surface area contributed by atoms with Crippen molar-refractivity contribution in [1.29, 1.82) is 0 Å². The van der Waals surface area contributed by atoms with Crippen molar-refractivity contribution in [1.82, 2.24) is 0 Å². The molecule has 4 atom stereocenters. The van der Waals surface area contributed by atoms with Crippen LogP contribution in [-0.4, -0.2) is 0 Å². The van der Waals surface area contributed by atoms with Crippen LogP contribution < -0.4 is 0 Å². The quantitative estimate of drug-likeness (QED) is 0.154. The molecule has 0 saturated carbocycles. The Hall–Kier alpha value is -2.08. The van der Waals surface area contributed by atoms with E-state index in [-0.39, 0.29) is 0 Å². The highest BCUT2D eigenvalue weighted by Gasteiger charge is 2.17. The van der Waals surface area contributed by atoms with Gasteiger partial charge in [0.25, 0.3) is 0 Å². The Morgan fingerprint density at radius 3 is 2.00 bits per heavy atom. The summed E-state index contributed by atoms with van der Waals surface area (Å²) in [5.41, 5.74) is 2.96. The maximum absolute atomic E-state index is 4.17. The van der Waals surface area contributed by atoms with Gasteiger partial charge in [0.15, 0.2) is 0 Å². The van der Waals surface area contributed by atoms with Crippen LogP contribution in [0, 0.1) is 11.8 Å². The molecule has 2 rings (SSSR count). The van der Waals surface area contributed by atoms with Gasteiger partial charge in [0.2, 0.25) is 0 Å². The predicted octanol–water partition coefficient (Wildman–Crippen LogP) is 10.9. The normalized spacial score (nSPS) is 15.1. The number of allylic oxidation sites excluding steroid dienone is 3. The summed E-state index contributed by atoms with van der Waals surface area (Å²) in [6.45, 7) is 11.2. The lowest BCUT2D eigenvalue weighted by Crippen LogP contribution is -2.10. The Kier molecular flexibility index (Phi) is 14.4. The fourth-order valence-electron chi connectivity index (χ4n) is 5.27. The summed E-state index contributed by atoms with van der Waals surface area (Å²) in [7, 11) is 0. The number of hydrogen-bond donors (Lipinski definition) is 0. The Bertz CT molecular complexity index is 772. The van der Waals surface area contributed by atoms with E-state index in [0.29, 0.717) is 17.8 Å². The molecule has 34 heavy (non-hydrogen) atoms. The molecule has 0 heterocycles. The van der Waals surface area contributed by atoms with E-state index in [4.69, 9.17) is 0 Å². The van der Waals surface area contributed by atoms with Gasteiger partial charge in [-0.1, -0.05) is 125 Å². The average molecular weight is 459 g/mol. The van der Waals surface area contributed by atoms with Crippen LogP contribution >= 0.6 is 0 Å². The first-order valence-electron chi connectivity index (χ1n) is 14.0. The highest BCUT2D eigenvalue weighted by molar-refractivity contribution is 5.20. The van der Waals surface area contributed by atoms with Gasteiger partial charge in [-0.2, -0.15) is 0 Å². The van der Waals surface area contributed by atoms with Gasteiger partial charge in [-0.3, -0.25) is 0 Å². The molecule has 0 aliphatic carbocycles. The second-order valence-corrected chi connectivity index (χ2v) is 10.3. The topological polar surface area (TPSA) is 0 Å². The smallest absolute Gasteiger partial charge is 0.0130 e. The number of benzene rings is 2. The van der Waals surface area contributed by atoms with Crippen LogP contribution in [0.2, 0.25) is 0 Å². The van der Waals surface area contributed by atoms with Crippen LogP contribution in [0.15, 0.2) is 85.5 Å². The molecular weight excluding hydrogens is 408 g/mol. The first-order chi connectivity index (χ1) is 16.7. The van der Waals surface area contributed by atoms with Gasteiger partial charge in [0.05, 0.1) is 0 Å². The van der Waals surface area contributed by atoms with E-state index in [9.17, 15) is 0 Å². The van der Waals surface area contributed by atoms with Gasteiger partial charge in [0.1, 0.15) is 0 Å². The predicted molar refractivity (Wildman–Crippen MR) is 152 cm³/mol. The monoisotopic (exact) mass is 458 g/mol. The Labute approximate surface area is 211 Å². The second-order valence-electron chi connectivity index (χ2n) is 10.3.